The first-order chi connectivity index (χ1) is 7.18. The highest BCUT2D eigenvalue weighted by Gasteiger charge is 2.10. The summed E-state index contributed by atoms with van der Waals surface area (Å²) >= 11 is 3.15. The third kappa shape index (κ3) is 2.04. The molecule has 15 heavy (non-hydrogen) atoms. The van der Waals surface area contributed by atoms with Gasteiger partial charge in [-0.3, -0.25) is 0 Å². The lowest BCUT2D eigenvalue weighted by molar-refractivity contribution is 0.589. The summed E-state index contributed by atoms with van der Waals surface area (Å²) in [5.74, 6) is -1.15. The van der Waals surface area contributed by atoms with Gasteiger partial charge in [0.15, 0.2) is 0 Å². The van der Waals surface area contributed by atoms with Gasteiger partial charge in [-0.15, -0.1) is 0 Å². The highest BCUT2D eigenvalue weighted by molar-refractivity contribution is 9.10. The Bertz CT molecular complexity index is 479. The van der Waals surface area contributed by atoms with Gasteiger partial charge < -0.3 is 0 Å². The second-order valence-electron chi connectivity index (χ2n) is 2.96. The fourth-order valence-corrected chi connectivity index (χ4v) is 1.70. The van der Waals surface area contributed by atoms with Crippen molar-refractivity contribution in [2.45, 2.75) is 0 Å². The molecule has 0 amide bonds. The first-order valence-corrected chi connectivity index (χ1v) is 5.04. The van der Waals surface area contributed by atoms with Crippen LogP contribution in [-0.4, -0.2) is 4.98 Å². The molecule has 4 heteroatoms. The van der Waals surface area contributed by atoms with Crippen LogP contribution in [0.25, 0.3) is 11.1 Å². The van der Waals surface area contributed by atoms with Crippen molar-refractivity contribution in [2.24, 2.45) is 0 Å². The van der Waals surface area contributed by atoms with Crippen LogP contribution in [0.4, 0.5) is 8.78 Å². The second-order valence-corrected chi connectivity index (χ2v) is 3.78. The second kappa shape index (κ2) is 4.06. The molecule has 0 radical (unpaired) electrons. The molecule has 0 atom stereocenters. The minimum absolute atomic E-state index is 0.0272. The standard InChI is InChI=1S/C11H6BrF2N/c12-10-6-7(4-5-15-10)11-8(13)2-1-3-9(11)14/h1-6H. The average molecular weight is 270 g/mol. The van der Waals surface area contributed by atoms with E-state index in [0.717, 1.165) is 0 Å². The number of halogens is 3. The number of pyridine rings is 1. The van der Waals surface area contributed by atoms with E-state index in [1.54, 1.807) is 12.1 Å². The molecule has 1 heterocycles. The van der Waals surface area contributed by atoms with E-state index in [4.69, 9.17) is 0 Å². The summed E-state index contributed by atoms with van der Waals surface area (Å²) in [6.45, 7) is 0. The summed E-state index contributed by atoms with van der Waals surface area (Å²) in [5.41, 5.74) is 0.438. The predicted molar refractivity (Wildman–Crippen MR) is 57.3 cm³/mol. The Hall–Kier alpha value is -1.29. The molecule has 0 saturated carbocycles. The maximum absolute atomic E-state index is 13.4. The Balaban J connectivity index is 2.63. The minimum atomic E-state index is -0.576. The zero-order chi connectivity index (χ0) is 10.8. The molecule has 0 aliphatic heterocycles. The van der Waals surface area contributed by atoms with Gasteiger partial charge in [0.25, 0.3) is 0 Å². The van der Waals surface area contributed by atoms with Crippen molar-refractivity contribution >= 4 is 15.9 Å². The smallest absolute Gasteiger partial charge is 0.133 e. The summed E-state index contributed by atoms with van der Waals surface area (Å²) in [6, 6.07) is 6.93. The first kappa shape index (κ1) is 10.2. The van der Waals surface area contributed by atoms with Gasteiger partial charge in [0.2, 0.25) is 0 Å². The first-order valence-electron chi connectivity index (χ1n) is 4.24. The Morgan fingerprint density at radius 2 is 1.73 bits per heavy atom. The maximum Gasteiger partial charge on any atom is 0.133 e. The highest BCUT2D eigenvalue weighted by atomic mass is 79.9. The molecular formula is C11H6BrF2N. The molecule has 0 N–H and O–H groups in total. The number of rotatable bonds is 1. The normalized spacial score (nSPS) is 10.3. The van der Waals surface area contributed by atoms with Crippen LogP contribution >= 0.6 is 15.9 Å². The van der Waals surface area contributed by atoms with Crippen molar-refractivity contribution in [2.75, 3.05) is 0 Å². The molecule has 0 spiro atoms. The van der Waals surface area contributed by atoms with Crippen molar-refractivity contribution in [3.05, 3.63) is 52.8 Å². The quantitative estimate of drug-likeness (QED) is 0.718. The van der Waals surface area contributed by atoms with Crippen LogP contribution in [0.5, 0.6) is 0 Å². The van der Waals surface area contributed by atoms with Gasteiger partial charge in [-0.05, 0) is 45.8 Å². The fraction of sp³-hybridized carbons (Fsp3) is 0. The molecule has 0 fully saturated rings. The SMILES string of the molecule is Fc1cccc(F)c1-c1ccnc(Br)c1. The molecule has 1 aromatic heterocycles. The van der Waals surface area contributed by atoms with E-state index in [0.29, 0.717) is 10.2 Å². The Labute approximate surface area is 93.9 Å². The lowest BCUT2D eigenvalue weighted by Crippen LogP contribution is -1.89. The highest BCUT2D eigenvalue weighted by Crippen LogP contribution is 2.26. The van der Waals surface area contributed by atoms with Gasteiger partial charge in [0.1, 0.15) is 16.2 Å². The van der Waals surface area contributed by atoms with Crippen LogP contribution in [-0.2, 0) is 0 Å². The molecule has 76 valence electrons. The molecule has 1 nitrogen and oxygen atoms in total. The Kier molecular flexibility index (Phi) is 2.77. The topological polar surface area (TPSA) is 12.9 Å². The van der Waals surface area contributed by atoms with E-state index < -0.39 is 11.6 Å². The van der Waals surface area contributed by atoms with E-state index >= 15 is 0 Å². The molecule has 0 saturated heterocycles. The zero-order valence-electron chi connectivity index (χ0n) is 7.55. The Morgan fingerprint density at radius 1 is 1.07 bits per heavy atom. The van der Waals surface area contributed by atoms with E-state index in [1.807, 2.05) is 0 Å². The van der Waals surface area contributed by atoms with E-state index in [1.165, 1.54) is 24.4 Å². The van der Waals surface area contributed by atoms with Gasteiger partial charge >= 0.3 is 0 Å². The van der Waals surface area contributed by atoms with Crippen LogP contribution in [0.3, 0.4) is 0 Å². The summed E-state index contributed by atoms with van der Waals surface area (Å²) in [6.07, 6.45) is 1.49. The molecule has 0 unspecified atom stereocenters. The van der Waals surface area contributed by atoms with Gasteiger partial charge in [-0.25, -0.2) is 13.8 Å². The molecule has 1 aromatic carbocycles. The molecule has 0 aliphatic carbocycles. The van der Waals surface area contributed by atoms with Gasteiger partial charge in [-0.2, -0.15) is 0 Å². The van der Waals surface area contributed by atoms with Crippen molar-refractivity contribution in [1.29, 1.82) is 0 Å². The van der Waals surface area contributed by atoms with Crippen LogP contribution in [0.1, 0.15) is 0 Å². The predicted octanol–water partition coefficient (Wildman–Crippen LogP) is 3.79. The molecular weight excluding hydrogens is 264 g/mol. The third-order valence-corrected chi connectivity index (χ3v) is 2.41. The monoisotopic (exact) mass is 269 g/mol. The summed E-state index contributed by atoms with van der Waals surface area (Å²) in [5, 5.41) is 0. The van der Waals surface area contributed by atoms with Crippen molar-refractivity contribution in [3.63, 3.8) is 0 Å². The minimum Gasteiger partial charge on any atom is -0.249 e. The molecule has 0 aliphatic rings. The largest absolute Gasteiger partial charge is 0.249 e. The van der Waals surface area contributed by atoms with Crippen molar-refractivity contribution in [3.8, 4) is 11.1 Å². The van der Waals surface area contributed by atoms with Gasteiger partial charge in [0, 0.05) is 6.20 Å². The van der Waals surface area contributed by atoms with Crippen LogP contribution in [0.2, 0.25) is 0 Å². The summed E-state index contributed by atoms with van der Waals surface area (Å²) in [4.78, 5) is 3.90. The van der Waals surface area contributed by atoms with Crippen LogP contribution in [0.15, 0.2) is 41.1 Å². The van der Waals surface area contributed by atoms with Crippen molar-refractivity contribution in [1.82, 2.24) is 4.98 Å². The number of hydrogen-bond donors (Lipinski definition) is 0. The van der Waals surface area contributed by atoms with E-state index in [9.17, 15) is 8.78 Å². The van der Waals surface area contributed by atoms with Gasteiger partial charge in [0.05, 0.1) is 5.56 Å². The van der Waals surface area contributed by atoms with Crippen LogP contribution < -0.4 is 0 Å². The molecule has 0 bridgehead atoms. The van der Waals surface area contributed by atoms with Crippen molar-refractivity contribution < 1.29 is 8.78 Å². The Morgan fingerprint density at radius 3 is 2.33 bits per heavy atom. The maximum atomic E-state index is 13.4. The average Bonchev–Trinajstić information content (AvgIpc) is 2.17. The lowest BCUT2D eigenvalue weighted by Gasteiger charge is -2.04. The van der Waals surface area contributed by atoms with Gasteiger partial charge in [-0.1, -0.05) is 6.07 Å². The van der Waals surface area contributed by atoms with Crippen LogP contribution in [0, 0.1) is 11.6 Å². The summed E-state index contributed by atoms with van der Waals surface area (Å²) in [7, 11) is 0. The molecule has 2 aromatic rings. The third-order valence-electron chi connectivity index (χ3n) is 1.98. The number of hydrogen-bond acceptors (Lipinski definition) is 1. The number of aromatic nitrogens is 1. The molecule has 2 rings (SSSR count). The summed E-state index contributed by atoms with van der Waals surface area (Å²) < 4.78 is 27.3. The zero-order valence-corrected chi connectivity index (χ0v) is 9.13. The number of nitrogens with zero attached hydrogens (tertiary/aromatic N) is 1. The number of benzene rings is 1. The fourth-order valence-electron chi connectivity index (χ4n) is 1.33. The lowest BCUT2D eigenvalue weighted by atomic mass is 10.1. The van der Waals surface area contributed by atoms with E-state index in [2.05, 4.69) is 20.9 Å². The van der Waals surface area contributed by atoms with E-state index in [-0.39, 0.29) is 5.56 Å².